The zero-order valence-electron chi connectivity index (χ0n) is 9.04. The number of aryl methyl sites for hydroxylation is 1. The monoisotopic (exact) mass is 194 g/mol. The molecule has 78 valence electrons. The number of nitrogens with zero attached hydrogens (tertiary/aromatic N) is 2. The first-order valence-electron chi connectivity index (χ1n) is 4.87. The van der Waals surface area contributed by atoms with Crippen LogP contribution in [0.25, 0.3) is 0 Å². The molecule has 0 amide bonds. The van der Waals surface area contributed by atoms with Crippen LogP contribution < -0.4 is 11.1 Å². The lowest BCUT2D eigenvalue weighted by Crippen LogP contribution is -2.42. The quantitative estimate of drug-likeness (QED) is 0.759. The molecule has 0 aliphatic carbocycles. The van der Waals surface area contributed by atoms with Crippen LogP contribution in [-0.2, 0) is 0 Å². The number of anilines is 1. The van der Waals surface area contributed by atoms with Crippen LogP contribution in [-0.4, -0.2) is 22.1 Å². The van der Waals surface area contributed by atoms with Crippen LogP contribution in [0.4, 0.5) is 5.82 Å². The lowest BCUT2D eigenvalue weighted by atomic mass is 9.99. The zero-order valence-corrected chi connectivity index (χ0v) is 9.04. The summed E-state index contributed by atoms with van der Waals surface area (Å²) < 4.78 is 0. The molecule has 0 aliphatic heterocycles. The fourth-order valence-corrected chi connectivity index (χ4v) is 1.12. The summed E-state index contributed by atoms with van der Waals surface area (Å²) in [6.45, 7) is 6.65. The molecule has 0 radical (unpaired) electrons. The van der Waals surface area contributed by atoms with E-state index in [0.29, 0.717) is 6.54 Å². The highest BCUT2D eigenvalue weighted by molar-refractivity contribution is 5.36. The third-order valence-electron chi connectivity index (χ3n) is 2.44. The van der Waals surface area contributed by atoms with Crippen LogP contribution in [0.2, 0.25) is 0 Å². The average Bonchev–Trinajstić information content (AvgIpc) is 2.18. The van der Waals surface area contributed by atoms with Crippen molar-refractivity contribution in [1.82, 2.24) is 9.97 Å². The third kappa shape index (κ3) is 2.67. The summed E-state index contributed by atoms with van der Waals surface area (Å²) in [7, 11) is 0. The molecule has 3 N–H and O–H groups in total. The van der Waals surface area contributed by atoms with Crippen molar-refractivity contribution in [3.63, 3.8) is 0 Å². The normalized spacial score (nSPS) is 14.9. The van der Waals surface area contributed by atoms with Gasteiger partial charge in [-0.15, -0.1) is 0 Å². The second-order valence-electron chi connectivity index (χ2n) is 3.73. The van der Waals surface area contributed by atoms with Gasteiger partial charge in [0.1, 0.15) is 11.6 Å². The van der Waals surface area contributed by atoms with E-state index in [9.17, 15) is 0 Å². The molecule has 1 heterocycles. The van der Waals surface area contributed by atoms with Gasteiger partial charge in [-0.3, -0.25) is 0 Å². The molecule has 14 heavy (non-hydrogen) atoms. The Hall–Kier alpha value is -1.16. The second kappa shape index (κ2) is 4.37. The maximum absolute atomic E-state index is 5.70. The van der Waals surface area contributed by atoms with Crippen LogP contribution in [0.3, 0.4) is 0 Å². The predicted molar refractivity (Wildman–Crippen MR) is 58.1 cm³/mol. The lowest BCUT2D eigenvalue weighted by Gasteiger charge is -2.28. The Labute approximate surface area is 85.0 Å². The molecule has 0 fully saturated rings. The molecule has 0 saturated heterocycles. The molecular weight excluding hydrogens is 176 g/mol. The topological polar surface area (TPSA) is 63.8 Å². The van der Waals surface area contributed by atoms with E-state index >= 15 is 0 Å². The number of aromatic nitrogens is 2. The highest BCUT2D eigenvalue weighted by atomic mass is 15.1. The molecule has 0 aliphatic rings. The maximum Gasteiger partial charge on any atom is 0.130 e. The van der Waals surface area contributed by atoms with E-state index in [2.05, 4.69) is 29.1 Å². The van der Waals surface area contributed by atoms with Crippen LogP contribution >= 0.6 is 0 Å². The number of hydrogen-bond acceptors (Lipinski definition) is 4. The van der Waals surface area contributed by atoms with E-state index in [0.717, 1.165) is 18.1 Å². The van der Waals surface area contributed by atoms with Gasteiger partial charge < -0.3 is 11.1 Å². The fraction of sp³-hybridized carbons (Fsp3) is 0.600. The second-order valence-corrected chi connectivity index (χ2v) is 3.73. The molecule has 1 rings (SSSR count). The number of rotatable bonds is 4. The standard InChI is InChI=1S/C10H18N4/c1-4-10(3,7-11)14-9-5-6-12-8(2)13-9/h5-6H,4,7,11H2,1-3H3,(H,12,13,14). The van der Waals surface area contributed by atoms with Crippen molar-refractivity contribution in [3.8, 4) is 0 Å². The summed E-state index contributed by atoms with van der Waals surface area (Å²) in [5.74, 6) is 1.61. The van der Waals surface area contributed by atoms with Crippen molar-refractivity contribution >= 4 is 5.82 Å². The molecule has 0 spiro atoms. The molecule has 4 heteroatoms. The third-order valence-corrected chi connectivity index (χ3v) is 2.44. The van der Waals surface area contributed by atoms with E-state index in [1.807, 2.05) is 13.0 Å². The number of hydrogen-bond donors (Lipinski definition) is 2. The van der Waals surface area contributed by atoms with Crippen molar-refractivity contribution < 1.29 is 0 Å². The summed E-state index contributed by atoms with van der Waals surface area (Å²) in [4.78, 5) is 8.32. The van der Waals surface area contributed by atoms with E-state index in [4.69, 9.17) is 5.73 Å². The first kappa shape index (κ1) is 10.9. The minimum Gasteiger partial charge on any atom is -0.364 e. The van der Waals surface area contributed by atoms with Gasteiger partial charge >= 0.3 is 0 Å². The van der Waals surface area contributed by atoms with E-state index < -0.39 is 0 Å². The molecular formula is C10H18N4. The highest BCUT2D eigenvalue weighted by Crippen LogP contribution is 2.14. The van der Waals surface area contributed by atoms with Gasteiger partial charge in [0.15, 0.2) is 0 Å². The van der Waals surface area contributed by atoms with E-state index in [-0.39, 0.29) is 5.54 Å². The lowest BCUT2D eigenvalue weighted by molar-refractivity contribution is 0.504. The Morgan fingerprint density at radius 2 is 2.29 bits per heavy atom. The Morgan fingerprint density at radius 3 is 2.79 bits per heavy atom. The summed E-state index contributed by atoms with van der Waals surface area (Å²) in [6.07, 6.45) is 2.71. The van der Waals surface area contributed by atoms with Gasteiger partial charge in [0.2, 0.25) is 0 Å². The van der Waals surface area contributed by atoms with Crippen molar-refractivity contribution in [3.05, 3.63) is 18.1 Å². The summed E-state index contributed by atoms with van der Waals surface area (Å²) in [6, 6.07) is 1.86. The van der Waals surface area contributed by atoms with Crippen LogP contribution in [0, 0.1) is 6.92 Å². The molecule has 1 aromatic heterocycles. The minimum atomic E-state index is -0.0825. The summed E-state index contributed by atoms with van der Waals surface area (Å²) >= 11 is 0. The maximum atomic E-state index is 5.70. The number of nitrogens with two attached hydrogens (primary N) is 1. The van der Waals surface area contributed by atoms with Gasteiger partial charge in [0.05, 0.1) is 0 Å². The van der Waals surface area contributed by atoms with Gasteiger partial charge in [-0.25, -0.2) is 9.97 Å². The van der Waals surface area contributed by atoms with Gasteiger partial charge in [-0.05, 0) is 26.3 Å². The summed E-state index contributed by atoms with van der Waals surface area (Å²) in [5.41, 5.74) is 5.61. The molecule has 4 nitrogen and oxygen atoms in total. The predicted octanol–water partition coefficient (Wildman–Crippen LogP) is 1.32. The molecule has 1 aromatic rings. The highest BCUT2D eigenvalue weighted by Gasteiger charge is 2.19. The van der Waals surface area contributed by atoms with Crippen molar-refractivity contribution in [2.75, 3.05) is 11.9 Å². The Bertz CT molecular complexity index is 294. The Balaban J connectivity index is 2.77. The zero-order chi connectivity index (χ0) is 10.6. The fourth-order valence-electron chi connectivity index (χ4n) is 1.12. The molecule has 1 unspecified atom stereocenters. The molecule has 0 bridgehead atoms. The largest absolute Gasteiger partial charge is 0.364 e. The van der Waals surface area contributed by atoms with E-state index in [1.165, 1.54) is 0 Å². The first-order valence-corrected chi connectivity index (χ1v) is 4.87. The Morgan fingerprint density at radius 1 is 1.57 bits per heavy atom. The summed E-state index contributed by atoms with van der Waals surface area (Å²) in [5, 5.41) is 3.32. The van der Waals surface area contributed by atoms with Gasteiger partial charge in [-0.1, -0.05) is 6.92 Å². The minimum absolute atomic E-state index is 0.0825. The van der Waals surface area contributed by atoms with Gasteiger partial charge in [0.25, 0.3) is 0 Å². The van der Waals surface area contributed by atoms with Gasteiger partial charge in [-0.2, -0.15) is 0 Å². The van der Waals surface area contributed by atoms with Crippen molar-refractivity contribution in [2.24, 2.45) is 5.73 Å². The Kier molecular flexibility index (Phi) is 3.41. The molecule has 0 saturated carbocycles. The first-order chi connectivity index (χ1) is 6.59. The van der Waals surface area contributed by atoms with Gasteiger partial charge in [0, 0.05) is 18.3 Å². The molecule has 1 atom stereocenters. The molecule has 0 aromatic carbocycles. The van der Waals surface area contributed by atoms with Crippen LogP contribution in [0.1, 0.15) is 26.1 Å². The van der Waals surface area contributed by atoms with Crippen LogP contribution in [0.5, 0.6) is 0 Å². The SMILES string of the molecule is CCC(C)(CN)Nc1ccnc(C)n1. The van der Waals surface area contributed by atoms with E-state index in [1.54, 1.807) is 6.20 Å². The smallest absolute Gasteiger partial charge is 0.130 e. The van der Waals surface area contributed by atoms with Crippen molar-refractivity contribution in [1.29, 1.82) is 0 Å². The average molecular weight is 194 g/mol. The number of nitrogens with one attached hydrogen (secondary N) is 1. The van der Waals surface area contributed by atoms with Crippen molar-refractivity contribution in [2.45, 2.75) is 32.7 Å². The van der Waals surface area contributed by atoms with Crippen LogP contribution in [0.15, 0.2) is 12.3 Å².